The summed E-state index contributed by atoms with van der Waals surface area (Å²) >= 11 is 6.33. The Balaban J connectivity index is 1.76. The maximum atomic E-state index is 13.4. The molecule has 0 N–H and O–H groups in total. The third-order valence-corrected chi connectivity index (χ3v) is 7.90. The Morgan fingerprint density at radius 3 is 2.79 bits per heavy atom. The van der Waals surface area contributed by atoms with Crippen LogP contribution in [0.15, 0.2) is 29.2 Å². The molecule has 0 aliphatic carbocycles. The second-order valence-electron chi connectivity index (χ2n) is 6.79. The van der Waals surface area contributed by atoms with E-state index >= 15 is 0 Å². The van der Waals surface area contributed by atoms with Gasteiger partial charge in [0.25, 0.3) is 5.91 Å². The SMILES string of the molecule is C[C@@H](C(=O)N(C)[C@@H]1CCS(=O)(=O)C1)N1C(=O)/C(=C/c2cccc(F)c2)SC1=S. The molecule has 0 unspecified atom stereocenters. The van der Waals surface area contributed by atoms with Gasteiger partial charge in [-0.3, -0.25) is 14.5 Å². The number of likely N-dealkylation sites (N-methyl/N-ethyl adjacent to an activating group) is 1. The molecule has 150 valence electrons. The van der Waals surface area contributed by atoms with E-state index in [0.29, 0.717) is 16.9 Å². The molecular weight excluding hydrogens is 423 g/mol. The van der Waals surface area contributed by atoms with Crippen molar-refractivity contribution in [3.8, 4) is 0 Å². The zero-order valence-corrected chi connectivity index (χ0v) is 17.7. The maximum absolute atomic E-state index is 13.4. The third kappa shape index (κ3) is 4.28. The van der Waals surface area contributed by atoms with Crippen LogP contribution in [0, 0.1) is 5.82 Å². The lowest BCUT2D eigenvalue weighted by Gasteiger charge is -2.30. The molecule has 3 rings (SSSR count). The maximum Gasteiger partial charge on any atom is 0.266 e. The van der Waals surface area contributed by atoms with Gasteiger partial charge >= 0.3 is 0 Å². The van der Waals surface area contributed by atoms with Crippen molar-refractivity contribution in [3.05, 3.63) is 40.6 Å². The van der Waals surface area contributed by atoms with Crippen LogP contribution in [0.25, 0.3) is 6.08 Å². The minimum atomic E-state index is -3.13. The highest BCUT2D eigenvalue weighted by atomic mass is 32.2. The van der Waals surface area contributed by atoms with Gasteiger partial charge < -0.3 is 4.90 Å². The van der Waals surface area contributed by atoms with E-state index in [2.05, 4.69) is 0 Å². The van der Waals surface area contributed by atoms with Crippen molar-refractivity contribution in [1.82, 2.24) is 9.80 Å². The number of carbonyl (C=O) groups is 2. The minimum Gasteiger partial charge on any atom is -0.340 e. The largest absolute Gasteiger partial charge is 0.340 e. The number of carbonyl (C=O) groups excluding carboxylic acids is 2. The molecule has 1 aromatic carbocycles. The molecule has 28 heavy (non-hydrogen) atoms. The van der Waals surface area contributed by atoms with Gasteiger partial charge in [0.05, 0.1) is 16.4 Å². The quantitative estimate of drug-likeness (QED) is 0.525. The summed E-state index contributed by atoms with van der Waals surface area (Å²) in [5.41, 5.74) is 0.521. The van der Waals surface area contributed by atoms with E-state index in [9.17, 15) is 22.4 Å². The molecule has 0 spiro atoms. The number of thiocarbonyl (C=S) groups is 1. The fraction of sp³-hybridized carbons (Fsp3) is 0.389. The second kappa shape index (κ2) is 7.92. The molecule has 2 saturated heterocycles. The van der Waals surface area contributed by atoms with E-state index in [1.165, 1.54) is 28.0 Å². The summed E-state index contributed by atoms with van der Waals surface area (Å²) in [6.07, 6.45) is 1.92. The van der Waals surface area contributed by atoms with Crippen LogP contribution in [0.1, 0.15) is 18.9 Å². The van der Waals surface area contributed by atoms with Gasteiger partial charge in [0, 0.05) is 13.1 Å². The van der Waals surface area contributed by atoms with Crippen molar-refractivity contribution in [2.75, 3.05) is 18.6 Å². The molecule has 0 saturated carbocycles. The molecule has 0 radical (unpaired) electrons. The fourth-order valence-electron chi connectivity index (χ4n) is 3.23. The van der Waals surface area contributed by atoms with Gasteiger partial charge in [-0.25, -0.2) is 12.8 Å². The number of amides is 2. The lowest BCUT2D eigenvalue weighted by molar-refractivity contribution is -0.139. The first kappa shape index (κ1) is 20.9. The number of hydrogen-bond donors (Lipinski definition) is 0. The Labute approximate surface area is 172 Å². The zero-order chi connectivity index (χ0) is 20.6. The molecule has 10 heteroatoms. The number of rotatable bonds is 4. The zero-order valence-electron chi connectivity index (χ0n) is 15.3. The first-order valence-corrected chi connectivity index (χ1v) is 11.6. The minimum absolute atomic E-state index is 0.0566. The van der Waals surface area contributed by atoms with E-state index in [1.807, 2.05) is 0 Å². The average Bonchev–Trinajstić information content (AvgIpc) is 3.12. The number of halogens is 1. The summed E-state index contributed by atoms with van der Waals surface area (Å²) in [5.74, 6) is -1.22. The van der Waals surface area contributed by atoms with Crippen molar-refractivity contribution >= 4 is 56.0 Å². The Morgan fingerprint density at radius 1 is 1.46 bits per heavy atom. The van der Waals surface area contributed by atoms with Crippen LogP contribution in [0.2, 0.25) is 0 Å². The summed E-state index contributed by atoms with van der Waals surface area (Å²) in [7, 11) is -1.59. The van der Waals surface area contributed by atoms with Gasteiger partial charge in [-0.15, -0.1) is 0 Å². The molecule has 2 fully saturated rings. The van der Waals surface area contributed by atoms with Gasteiger partial charge in [0.15, 0.2) is 9.84 Å². The van der Waals surface area contributed by atoms with Gasteiger partial charge in [-0.2, -0.15) is 0 Å². The average molecular weight is 443 g/mol. The lowest BCUT2D eigenvalue weighted by atomic mass is 10.1. The van der Waals surface area contributed by atoms with E-state index in [1.54, 1.807) is 26.1 Å². The third-order valence-electron chi connectivity index (χ3n) is 4.82. The molecule has 2 amide bonds. The molecule has 2 aliphatic heterocycles. The topological polar surface area (TPSA) is 74.8 Å². The summed E-state index contributed by atoms with van der Waals surface area (Å²) in [4.78, 5) is 28.5. The molecule has 0 bridgehead atoms. The number of benzene rings is 1. The predicted octanol–water partition coefficient (Wildman–Crippen LogP) is 2.06. The van der Waals surface area contributed by atoms with Gasteiger partial charge in [-0.05, 0) is 37.1 Å². The van der Waals surface area contributed by atoms with Crippen LogP contribution in [0.3, 0.4) is 0 Å². The molecule has 2 heterocycles. The van der Waals surface area contributed by atoms with Gasteiger partial charge in [0.2, 0.25) is 5.91 Å². The van der Waals surface area contributed by atoms with E-state index in [4.69, 9.17) is 12.2 Å². The Hall–Kier alpha value is -1.78. The molecule has 2 aliphatic rings. The first-order chi connectivity index (χ1) is 13.1. The number of thioether (sulfide) groups is 1. The van der Waals surface area contributed by atoms with Crippen molar-refractivity contribution in [2.24, 2.45) is 0 Å². The first-order valence-electron chi connectivity index (χ1n) is 8.59. The van der Waals surface area contributed by atoms with E-state index in [0.717, 1.165) is 11.8 Å². The highest BCUT2D eigenvalue weighted by Crippen LogP contribution is 2.34. The van der Waals surface area contributed by atoms with Crippen LogP contribution in [-0.4, -0.2) is 65.0 Å². The Kier molecular flexibility index (Phi) is 5.92. The molecule has 0 aromatic heterocycles. The van der Waals surface area contributed by atoms with Crippen LogP contribution in [0.5, 0.6) is 0 Å². The Morgan fingerprint density at radius 2 is 2.18 bits per heavy atom. The number of hydrogen-bond acceptors (Lipinski definition) is 6. The highest BCUT2D eigenvalue weighted by molar-refractivity contribution is 8.26. The van der Waals surface area contributed by atoms with Crippen LogP contribution >= 0.6 is 24.0 Å². The van der Waals surface area contributed by atoms with Gasteiger partial charge in [0.1, 0.15) is 16.2 Å². The van der Waals surface area contributed by atoms with E-state index in [-0.39, 0.29) is 21.7 Å². The lowest BCUT2D eigenvalue weighted by Crippen LogP contribution is -2.50. The van der Waals surface area contributed by atoms with Crippen LogP contribution in [-0.2, 0) is 19.4 Å². The van der Waals surface area contributed by atoms with Crippen LogP contribution in [0.4, 0.5) is 4.39 Å². The number of sulfone groups is 1. The summed E-state index contributed by atoms with van der Waals surface area (Å²) < 4.78 is 37.0. The molecular formula is C18H19FN2O4S3. The number of nitrogens with zero attached hydrogens (tertiary/aromatic N) is 2. The molecule has 1 aromatic rings. The summed E-state index contributed by atoms with van der Waals surface area (Å²) in [5, 5.41) is 0. The van der Waals surface area contributed by atoms with Crippen LogP contribution < -0.4 is 0 Å². The summed E-state index contributed by atoms with van der Waals surface area (Å²) in [6.45, 7) is 1.57. The fourth-order valence-corrected chi connectivity index (χ4v) is 6.42. The second-order valence-corrected chi connectivity index (χ2v) is 10.7. The van der Waals surface area contributed by atoms with Gasteiger partial charge in [-0.1, -0.05) is 36.1 Å². The predicted molar refractivity (Wildman–Crippen MR) is 111 cm³/mol. The smallest absolute Gasteiger partial charge is 0.266 e. The highest BCUT2D eigenvalue weighted by Gasteiger charge is 2.41. The van der Waals surface area contributed by atoms with Crippen molar-refractivity contribution in [3.63, 3.8) is 0 Å². The standard InChI is InChI=1S/C18H19FN2O4S3/c1-11(16(22)20(2)14-6-7-28(24,25)10-14)21-17(23)15(27-18(21)26)9-12-4-3-5-13(19)8-12/h3-5,8-9,11,14H,6-7,10H2,1-2H3/b15-9-/t11-,14+/m0/s1. The van der Waals surface area contributed by atoms with E-state index < -0.39 is 33.6 Å². The van der Waals surface area contributed by atoms with Crippen molar-refractivity contribution in [2.45, 2.75) is 25.4 Å². The molecule has 2 atom stereocenters. The monoisotopic (exact) mass is 442 g/mol. The van der Waals surface area contributed by atoms with Crippen molar-refractivity contribution in [1.29, 1.82) is 0 Å². The van der Waals surface area contributed by atoms with Crippen molar-refractivity contribution < 1.29 is 22.4 Å². The Bertz CT molecular complexity index is 977. The molecule has 6 nitrogen and oxygen atoms in total. The summed E-state index contributed by atoms with van der Waals surface area (Å²) in [6, 6.07) is 4.55. The normalized spacial score (nSPS) is 24.0.